The molecule has 0 unspecified atom stereocenters. The molecule has 0 saturated carbocycles. The number of allylic oxidation sites excluding steroid dienone is 4. The summed E-state index contributed by atoms with van der Waals surface area (Å²) in [6.45, 7) is 7.26. The van der Waals surface area contributed by atoms with Crippen LogP contribution in [0.3, 0.4) is 0 Å². The van der Waals surface area contributed by atoms with E-state index in [1.165, 1.54) is 38.5 Å². The van der Waals surface area contributed by atoms with Crippen molar-refractivity contribution in [3.8, 4) is 0 Å². The van der Waals surface area contributed by atoms with Gasteiger partial charge in [0, 0.05) is 25.5 Å². The molecule has 1 nitrogen and oxygen atoms in total. The molecule has 1 rings (SSSR count). The van der Waals surface area contributed by atoms with Gasteiger partial charge in [-0.25, -0.2) is 0 Å². The first kappa shape index (κ1) is 17.0. The van der Waals surface area contributed by atoms with Gasteiger partial charge in [-0.1, -0.05) is 36.6 Å². The molecular formula is C15H26LiO. The van der Waals surface area contributed by atoms with E-state index in [-0.39, 0.29) is 24.5 Å². The standard InChI is InChI=1S/C15H26O.Li/c1-15(2,3)16-13-9-5-4-6-10-14-11-7-8-12-14;/h7-8,11H,4-6,9-10,12-13H2,1-3H3;. The quantitative estimate of drug-likeness (QED) is 0.468. The van der Waals surface area contributed by atoms with Crippen LogP contribution < -0.4 is 0 Å². The maximum absolute atomic E-state index is 5.69. The Morgan fingerprint density at radius 3 is 2.41 bits per heavy atom. The topological polar surface area (TPSA) is 9.23 Å². The molecule has 0 aliphatic heterocycles. The summed E-state index contributed by atoms with van der Waals surface area (Å²) in [6, 6.07) is 0. The summed E-state index contributed by atoms with van der Waals surface area (Å²) in [5.74, 6) is 0. The number of hydrogen-bond donors (Lipinski definition) is 0. The molecule has 0 aromatic rings. The van der Waals surface area contributed by atoms with E-state index in [1.54, 1.807) is 5.57 Å². The van der Waals surface area contributed by atoms with Crippen LogP contribution in [0.15, 0.2) is 23.8 Å². The van der Waals surface area contributed by atoms with Crippen molar-refractivity contribution in [3.63, 3.8) is 0 Å². The van der Waals surface area contributed by atoms with Gasteiger partial charge in [-0.15, -0.1) is 0 Å². The third-order valence-corrected chi connectivity index (χ3v) is 2.78. The summed E-state index contributed by atoms with van der Waals surface area (Å²) in [5.41, 5.74) is 1.63. The Hall–Kier alpha value is 0.0374. The zero-order chi connectivity index (χ0) is 11.9. The summed E-state index contributed by atoms with van der Waals surface area (Å²) in [6.07, 6.45) is 14.3. The van der Waals surface area contributed by atoms with Crippen molar-refractivity contribution in [3.05, 3.63) is 23.8 Å². The van der Waals surface area contributed by atoms with Crippen molar-refractivity contribution in [1.29, 1.82) is 0 Å². The molecule has 0 amide bonds. The zero-order valence-corrected chi connectivity index (χ0v) is 12.1. The van der Waals surface area contributed by atoms with Crippen LogP contribution in [0.1, 0.15) is 59.3 Å². The number of hydrogen-bond acceptors (Lipinski definition) is 1. The SMILES string of the molecule is CC(C)(C)OCCCCCCC1=CC=CC1.[Li]. The maximum atomic E-state index is 5.69. The second-order valence-electron chi connectivity index (χ2n) is 5.58. The van der Waals surface area contributed by atoms with Gasteiger partial charge in [0.05, 0.1) is 5.60 Å². The fraction of sp³-hybridized carbons (Fsp3) is 0.733. The zero-order valence-electron chi connectivity index (χ0n) is 12.1. The Morgan fingerprint density at radius 2 is 1.82 bits per heavy atom. The second-order valence-corrected chi connectivity index (χ2v) is 5.58. The van der Waals surface area contributed by atoms with E-state index < -0.39 is 0 Å². The summed E-state index contributed by atoms with van der Waals surface area (Å²) < 4.78 is 5.69. The molecule has 17 heavy (non-hydrogen) atoms. The first-order chi connectivity index (χ1) is 7.58. The van der Waals surface area contributed by atoms with Gasteiger partial charge in [0.1, 0.15) is 0 Å². The minimum absolute atomic E-state index is 0. The fourth-order valence-electron chi connectivity index (χ4n) is 1.86. The van der Waals surface area contributed by atoms with Crippen molar-refractivity contribution in [2.75, 3.05) is 6.61 Å². The maximum Gasteiger partial charge on any atom is 0.0598 e. The molecule has 1 radical (unpaired) electrons. The normalized spacial score (nSPS) is 14.6. The Labute approximate surface area is 119 Å². The second kappa shape index (κ2) is 9.03. The van der Waals surface area contributed by atoms with Gasteiger partial charge >= 0.3 is 0 Å². The molecule has 0 aromatic heterocycles. The van der Waals surface area contributed by atoms with Gasteiger partial charge in [-0.05, 0) is 46.5 Å². The van der Waals surface area contributed by atoms with Crippen molar-refractivity contribution in [2.24, 2.45) is 0 Å². The minimum atomic E-state index is 0. The fourth-order valence-corrected chi connectivity index (χ4v) is 1.86. The van der Waals surface area contributed by atoms with Crippen LogP contribution in [0.25, 0.3) is 0 Å². The predicted octanol–water partition coefficient (Wildman–Crippen LogP) is 4.26. The number of rotatable bonds is 7. The van der Waals surface area contributed by atoms with Crippen LogP contribution in [0, 0.1) is 0 Å². The van der Waals surface area contributed by atoms with Gasteiger partial charge in [-0.2, -0.15) is 0 Å². The van der Waals surface area contributed by atoms with Crippen LogP contribution in [-0.4, -0.2) is 31.1 Å². The van der Waals surface area contributed by atoms with E-state index in [1.807, 2.05) is 0 Å². The van der Waals surface area contributed by atoms with Gasteiger partial charge in [0.25, 0.3) is 0 Å². The van der Waals surface area contributed by atoms with Gasteiger partial charge < -0.3 is 4.74 Å². The van der Waals surface area contributed by atoms with Crippen LogP contribution in [0.5, 0.6) is 0 Å². The largest absolute Gasteiger partial charge is 0.376 e. The number of unbranched alkanes of at least 4 members (excludes halogenated alkanes) is 3. The molecule has 0 heterocycles. The summed E-state index contributed by atoms with van der Waals surface area (Å²) in [4.78, 5) is 0. The van der Waals surface area contributed by atoms with Crippen LogP contribution in [0.2, 0.25) is 0 Å². The first-order valence-corrected chi connectivity index (χ1v) is 6.56. The molecule has 93 valence electrons. The third kappa shape index (κ3) is 9.71. The van der Waals surface area contributed by atoms with Crippen LogP contribution >= 0.6 is 0 Å². The van der Waals surface area contributed by atoms with Crippen molar-refractivity contribution < 1.29 is 4.74 Å². The van der Waals surface area contributed by atoms with E-state index in [0.717, 1.165) is 6.61 Å². The molecule has 0 saturated heterocycles. The monoisotopic (exact) mass is 229 g/mol. The molecule has 0 spiro atoms. The molecular weight excluding hydrogens is 203 g/mol. The predicted molar refractivity (Wildman–Crippen MR) is 76.4 cm³/mol. The van der Waals surface area contributed by atoms with Crippen molar-refractivity contribution >= 4 is 18.9 Å². The average molecular weight is 229 g/mol. The summed E-state index contributed by atoms with van der Waals surface area (Å²) in [5, 5.41) is 0. The minimum Gasteiger partial charge on any atom is -0.376 e. The number of ether oxygens (including phenoxy) is 1. The first-order valence-electron chi connectivity index (χ1n) is 6.56. The molecule has 0 aromatic carbocycles. The average Bonchev–Trinajstić information content (AvgIpc) is 2.67. The van der Waals surface area contributed by atoms with E-state index in [2.05, 4.69) is 39.0 Å². The Balaban J connectivity index is 0.00000256. The van der Waals surface area contributed by atoms with Gasteiger partial charge in [0.15, 0.2) is 0 Å². The molecule has 0 bridgehead atoms. The van der Waals surface area contributed by atoms with Crippen molar-refractivity contribution in [1.82, 2.24) is 0 Å². The molecule has 0 N–H and O–H groups in total. The van der Waals surface area contributed by atoms with Crippen LogP contribution in [0.4, 0.5) is 0 Å². The van der Waals surface area contributed by atoms with E-state index in [0.29, 0.717) is 0 Å². The van der Waals surface area contributed by atoms with Gasteiger partial charge in [0.2, 0.25) is 0 Å². The molecule has 1 aliphatic carbocycles. The smallest absolute Gasteiger partial charge is 0.0598 e. The third-order valence-electron chi connectivity index (χ3n) is 2.78. The van der Waals surface area contributed by atoms with Gasteiger partial charge in [-0.3, -0.25) is 0 Å². The molecule has 2 heteroatoms. The molecule has 0 atom stereocenters. The Bertz CT molecular complexity index is 248. The van der Waals surface area contributed by atoms with Crippen molar-refractivity contribution in [2.45, 2.75) is 64.9 Å². The Morgan fingerprint density at radius 1 is 1.12 bits per heavy atom. The van der Waals surface area contributed by atoms with E-state index >= 15 is 0 Å². The van der Waals surface area contributed by atoms with E-state index in [4.69, 9.17) is 4.74 Å². The van der Waals surface area contributed by atoms with E-state index in [9.17, 15) is 0 Å². The Kier molecular flexibility index (Phi) is 9.05. The summed E-state index contributed by atoms with van der Waals surface area (Å²) >= 11 is 0. The molecule has 1 aliphatic rings. The molecule has 0 fully saturated rings. The van der Waals surface area contributed by atoms with Crippen LogP contribution in [-0.2, 0) is 4.74 Å². The summed E-state index contributed by atoms with van der Waals surface area (Å²) in [7, 11) is 0.